The minimum atomic E-state index is -1.21. The van der Waals surface area contributed by atoms with E-state index in [9.17, 15) is 14.4 Å². The van der Waals surface area contributed by atoms with Crippen LogP contribution in [0, 0.1) is 5.92 Å². The summed E-state index contributed by atoms with van der Waals surface area (Å²) in [6.45, 7) is 2.23. The van der Waals surface area contributed by atoms with Gasteiger partial charge in [0, 0.05) is 12.6 Å². The Balaban J connectivity index is 1.36. The van der Waals surface area contributed by atoms with Gasteiger partial charge in [0.2, 0.25) is 5.91 Å². The van der Waals surface area contributed by atoms with E-state index in [1.165, 1.54) is 19.3 Å². The molecule has 1 aliphatic carbocycles. The molecule has 33 heavy (non-hydrogen) atoms. The van der Waals surface area contributed by atoms with E-state index in [4.69, 9.17) is 4.74 Å². The number of hydrogen-bond donors (Lipinski definition) is 1. The van der Waals surface area contributed by atoms with E-state index >= 15 is 0 Å². The lowest BCUT2D eigenvalue weighted by atomic mass is 9.78. The van der Waals surface area contributed by atoms with Gasteiger partial charge in [0.05, 0.1) is 7.11 Å². The number of ether oxygens (including phenoxy) is 1. The first-order valence-electron chi connectivity index (χ1n) is 11.9. The van der Waals surface area contributed by atoms with Gasteiger partial charge in [-0.25, -0.2) is 4.79 Å². The molecular formula is C26H31N3O4. The molecule has 4 amide bonds. The molecule has 174 valence electrons. The average Bonchev–Trinajstić information content (AvgIpc) is 3.06. The lowest BCUT2D eigenvalue weighted by molar-refractivity contribution is -0.142. The summed E-state index contributed by atoms with van der Waals surface area (Å²) in [4.78, 5) is 42.5. The number of urea groups is 1. The third-order valence-corrected chi connectivity index (χ3v) is 7.76. The number of imide groups is 1. The zero-order valence-corrected chi connectivity index (χ0v) is 19.3. The highest BCUT2D eigenvalue weighted by molar-refractivity contribution is 6.09. The van der Waals surface area contributed by atoms with Crippen LogP contribution >= 0.6 is 0 Å². The molecule has 0 radical (unpaired) electrons. The molecule has 7 heteroatoms. The smallest absolute Gasteiger partial charge is 0.325 e. The second-order valence-electron chi connectivity index (χ2n) is 9.72. The molecular weight excluding hydrogens is 418 g/mol. The van der Waals surface area contributed by atoms with Gasteiger partial charge in [0.15, 0.2) is 0 Å². The predicted octanol–water partition coefficient (Wildman–Crippen LogP) is 3.80. The number of carbonyl (C=O) groups excluding carboxylic acids is 3. The second-order valence-corrected chi connectivity index (χ2v) is 9.72. The molecule has 2 saturated heterocycles. The highest BCUT2D eigenvalue weighted by Gasteiger charge is 2.50. The maximum absolute atomic E-state index is 13.4. The maximum atomic E-state index is 13.4. The summed E-state index contributed by atoms with van der Waals surface area (Å²) in [7, 11) is 1.62. The van der Waals surface area contributed by atoms with E-state index < -0.39 is 11.6 Å². The molecule has 3 aliphatic rings. The third kappa shape index (κ3) is 3.73. The van der Waals surface area contributed by atoms with E-state index in [0.29, 0.717) is 11.5 Å². The van der Waals surface area contributed by atoms with E-state index in [1.807, 2.05) is 41.3 Å². The van der Waals surface area contributed by atoms with E-state index in [0.717, 1.165) is 47.2 Å². The summed E-state index contributed by atoms with van der Waals surface area (Å²) in [5, 5.41) is 4.77. The normalized spacial score (nSPS) is 27.5. The molecule has 0 aromatic heterocycles. The van der Waals surface area contributed by atoms with Crippen LogP contribution in [0.1, 0.15) is 51.0 Å². The van der Waals surface area contributed by atoms with Gasteiger partial charge in [-0.15, -0.1) is 0 Å². The lowest BCUT2D eigenvalue weighted by Gasteiger charge is -2.44. The number of amides is 4. The Kier molecular flexibility index (Phi) is 5.51. The Morgan fingerprint density at radius 2 is 1.79 bits per heavy atom. The van der Waals surface area contributed by atoms with Crippen LogP contribution in [0.25, 0.3) is 10.8 Å². The van der Waals surface area contributed by atoms with E-state index in [1.54, 1.807) is 14.0 Å². The predicted molar refractivity (Wildman–Crippen MR) is 125 cm³/mol. The number of methoxy groups -OCH3 is 1. The van der Waals surface area contributed by atoms with Crippen molar-refractivity contribution in [2.45, 2.75) is 57.0 Å². The zero-order chi connectivity index (χ0) is 23.2. The van der Waals surface area contributed by atoms with Gasteiger partial charge in [-0.2, -0.15) is 0 Å². The lowest BCUT2D eigenvalue weighted by Crippen LogP contribution is -2.53. The first-order chi connectivity index (χ1) is 15.9. The van der Waals surface area contributed by atoms with Gasteiger partial charge in [-0.05, 0) is 73.1 Å². The summed E-state index contributed by atoms with van der Waals surface area (Å²) >= 11 is 0. The van der Waals surface area contributed by atoms with E-state index in [2.05, 4.69) is 5.32 Å². The number of benzene rings is 2. The Morgan fingerprint density at radius 3 is 2.61 bits per heavy atom. The SMILES string of the molecule is COc1ccc2cc(C3(C)NC(=O)N(CC(=O)N4CCCC5CCCCC54)C3=O)ccc2c1. The molecule has 1 saturated carbocycles. The number of rotatable bonds is 4. The number of fused-ring (bicyclic) bond motifs is 2. The van der Waals surface area contributed by atoms with Crippen molar-refractivity contribution in [2.24, 2.45) is 5.92 Å². The highest BCUT2D eigenvalue weighted by Crippen LogP contribution is 2.36. The van der Waals surface area contributed by atoms with Crippen LogP contribution in [-0.4, -0.2) is 53.9 Å². The summed E-state index contributed by atoms with van der Waals surface area (Å²) < 4.78 is 5.28. The van der Waals surface area contributed by atoms with Crippen LogP contribution in [0.15, 0.2) is 36.4 Å². The molecule has 1 N–H and O–H groups in total. The number of carbonyl (C=O) groups is 3. The Morgan fingerprint density at radius 1 is 1.06 bits per heavy atom. The Bertz CT molecular complexity index is 1110. The van der Waals surface area contributed by atoms with Crippen LogP contribution in [0.2, 0.25) is 0 Å². The number of nitrogens with zero attached hydrogens (tertiary/aromatic N) is 2. The van der Waals surface area contributed by atoms with Crippen molar-refractivity contribution in [2.75, 3.05) is 20.2 Å². The average molecular weight is 450 g/mol. The minimum absolute atomic E-state index is 0.120. The van der Waals surface area contributed by atoms with Crippen LogP contribution in [-0.2, 0) is 15.1 Å². The molecule has 2 aliphatic heterocycles. The fourth-order valence-electron chi connectivity index (χ4n) is 5.86. The van der Waals surface area contributed by atoms with Crippen molar-refractivity contribution in [3.63, 3.8) is 0 Å². The molecule has 7 nitrogen and oxygen atoms in total. The number of likely N-dealkylation sites (tertiary alicyclic amines) is 1. The van der Waals surface area contributed by atoms with Gasteiger partial charge < -0.3 is 15.0 Å². The van der Waals surface area contributed by atoms with Gasteiger partial charge in [0.25, 0.3) is 5.91 Å². The first kappa shape index (κ1) is 21.7. The standard InChI is InChI=1S/C26H31N3O4/c1-26(20-11-9-19-15-21(33-2)12-10-18(19)14-20)24(31)29(25(32)27-26)16-23(30)28-13-5-7-17-6-3-4-8-22(17)28/h9-12,14-15,17,22H,3-8,13,16H2,1-2H3,(H,27,32). The Labute approximate surface area is 194 Å². The molecule has 0 bridgehead atoms. The number of hydrogen-bond acceptors (Lipinski definition) is 4. The maximum Gasteiger partial charge on any atom is 0.325 e. The second kappa shape index (κ2) is 8.36. The van der Waals surface area contributed by atoms with Crippen molar-refractivity contribution < 1.29 is 19.1 Å². The summed E-state index contributed by atoms with van der Waals surface area (Å²) in [6.07, 6.45) is 6.73. The van der Waals surface area contributed by atoms with Gasteiger partial charge in [0.1, 0.15) is 17.8 Å². The van der Waals surface area contributed by atoms with Crippen molar-refractivity contribution >= 4 is 28.6 Å². The van der Waals surface area contributed by atoms with Crippen molar-refractivity contribution in [3.05, 3.63) is 42.0 Å². The van der Waals surface area contributed by atoms with Crippen molar-refractivity contribution in [3.8, 4) is 5.75 Å². The van der Waals surface area contributed by atoms with Crippen molar-refractivity contribution in [1.82, 2.24) is 15.1 Å². The third-order valence-electron chi connectivity index (χ3n) is 7.76. The zero-order valence-electron chi connectivity index (χ0n) is 19.3. The molecule has 3 unspecified atom stereocenters. The largest absolute Gasteiger partial charge is 0.497 e. The van der Waals surface area contributed by atoms with E-state index in [-0.39, 0.29) is 24.4 Å². The van der Waals surface area contributed by atoms with Crippen LogP contribution in [0.3, 0.4) is 0 Å². The molecule has 0 spiro atoms. The number of piperidine rings is 1. The quantitative estimate of drug-likeness (QED) is 0.721. The van der Waals surface area contributed by atoms with Gasteiger partial charge in [-0.3, -0.25) is 14.5 Å². The molecule has 3 fully saturated rings. The molecule has 2 aromatic carbocycles. The monoisotopic (exact) mass is 449 g/mol. The summed E-state index contributed by atoms with van der Waals surface area (Å²) in [6, 6.07) is 11.2. The Hall–Kier alpha value is -3.09. The van der Waals surface area contributed by atoms with Gasteiger partial charge >= 0.3 is 6.03 Å². The molecule has 3 atom stereocenters. The topological polar surface area (TPSA) is 79.0 Å². The van der Waals surface area contributed by atoms with Crippen LogP contribution in [0.5, 0.6) is 5.75 Å². The molecule has 5 rings (SSSR count). The van der Waals surface area contributed by atoms with Crippen molar-refractivity contribution in [1.29, 1.82) is 0 Å². The molecule has 2 aromatic rings. The first-order valence-corrected chi connectivity index (χ1v) is 11.9. The van der Waals surface area contributed by atoms with Crippen LogP contribution in [0.4, 0.5) is 4.79 Å². The fraction of sp³-hybridized carbons (Fsp3) is 0.500. The van der Waals surface area contributed by atoms with Gasteiger partial charge in [-0.1, -0.05) is 31.0 Å². The summed E-state index contributed by atoms with van der Waals surface area (Å²) in [5.41, 5.74) is -0.514. The molecule has 2 heterocycles. The summed E-state index contributed by atoms with van der Waals surface area (Å²) in [5.74, 6) is 0.811. The minimum Gasteiger partial charge on any atom is -0.497 e. The highest BCUT2D eigenvalue weighted by atomic mass is 16.5. The number of nitrogens with one attached hydrogen (secondary N) is 1. The fourth-order valence-corrected chi connectivity index (χ4v) is 5.86. The van der Waals surface area contributed by atoms with Crippen LogP contribution < -0.4 is 10.1 Å².